The Bertz CT molecular complexity index is 2490. The number of rotatable bonds is 62. The highest BCUT2D eigenvalue weighted by Crippen LogP contribution is 2.43. The molecule has 0 heterocycles. The van der Waals surface area contributed by atoms with Crippen LogP contribution in [0.4, 0.5) is 0 Å². The Morgan fingerprint density at radius 1 is 0.330 bits per heavy atom. The number of esters is 2. The summed E-state index contributed by atoms with van der Waals surface area (Å²) in [5.41, 5.74) is 0. The zero-order valence-electron chi connectivity index (χ0n) is 59.3. The van der Waals surface area contributed by atoms with E-state index in [9.17, 15) is 19.0 Å². The minimum absolute atomic E-state index is 0.00656. The average molecular weight is 1310 g/mol. The Kier molecular flexibility index (Phi) is 66.4. The summed E-state index contributed by atoms with van der Waals surface area (Å²) in [6, 6.07) is 0. The van der Waals surface area contributed by atoms with E-state index in [2.05, 4.69) is 257 Å². The van der Waals surface area contributed by atoms with Gasteiger partial charge in [-0.25, -0.2) is 4.57 Å². The van der Waals surface area contributed by atoms with E-state index < -0.39 is 32.5 Å². The van der Waals surface area contributed by atoms with Gasteiger partial charge in [0, 0.05) is 12.8 Å². The van der Waals surface area contributed by atoms with E-state index in [4.69, 9.17) is 18.5 Å². The first-order valence-corrected chi connectivity index (χ1v) is 37.3. The number of unbranched alkanes of at least 4 members (excludes halogenated alkanes) is 8. The smallest absolute Gasteiger partial charge is 0.462 e. The molecule has 2 atom stereocenters. The van der Waals surface area contributed by atoms with Crippen molar-refractivity contribution >= 4 is 19.8 Å². The van der Waals surface area contributed by atoms with E-state index in [0.29, 0.717) is 23.9 Å². The Balaban J connectivity index is 4.28. The van der Waals surface area contributed by atoms with Crippen LogP contribution in [0.25, 0.3) is 0 Å². The lowest BCUT2D eigenvalue weighted by atomic mass is 10.1. The minimum Gasteiger partial charge on any atom is -0.462 e. The number of nitrogens with zero attached hydrogens (tertiary/aromatic N) is 1. The summed E-state index contributed by atoms with van der Waals surface area (Å²) >= 11 is 0. The van der Waals surface area contributed by atoms with Crippen molar-refractivity contribution in [3.8, 4) is 0 Å². The van der Waals surface area contributed by atoms with Gasteiger partial charge in [-0.3, -0.25) is 18.6 Å². The standard InChI is InChI=1S/C84H128NO8P/c1-6-8-10-12-14-16-18-20-22-24-26-28-30-32-34-36-38-40-41-42-43-45-47-49-51-53-55-57-59-61-63-65-67-69-71-73-75-77-84(87)93-82(81-92-94(88,89)91-79-78-85(3,4)5)80-90-83(86)76-74-72-70-68-66-64-62-60-58-56-54-52-50-48-46-44-39-37-35-33-31-29-27-25-23-21-19-17-15-13-11-9-7-2/h8-11,14-17,20-23,26-29,32-35,38-40,42-44,47-50,53-56,59-62,65,67,82H,6-7,12-13,18-19,24-25,30-31,36-37,41,45-46,51-52,57-58,63-64,66,68-81H2,1-5H3/p+1/b10-8-,11-9-,16-14-,17-15-,22-20-,23-21-,28-26-,29-27-,34-32-,35-33-,40-38-,43-42-,44-39-,49-47-,50-48-,55-53-,56-54-,61-59-,62-60-,67-65-. The molecule has 522 valence electrons. The topological polar surface area (TPSA) is 108 Å². The van der Waals surface area contributed by atoms with Crippen molar-refractivity contribution in [1.82, 2.24) is 0 Å². The maximum absolute atomic E-state index is 12.9. The molecule has 0 amide bonds. The number of allylic oxidation sites excluding steroid dienone is 40. The third kappa shape index (κ3) is 74.8. The van der Waals surface area contributed by atoms with Gasteiger partial charge in [0.25, 0.3) is 0 Å². The number of carbonyl (C=O) groups excluding carboxylic acids is 2. The van der Waals surface area contributed by atoms with E-state index in [1.807, 2.05) is 21.1 Å². The zero-order chi connectivity index (χ0) is 68.3. The molecule has 0 bridgehead atoms. The highest BCUT2D eigenvalue weighted by atomic mass is 31.2. The maximum Gasteiger partial charge on any atom is 0.472 e. The van der Waals surface area contributed by atoms with E-state index in [0.717, 1.165) is 180 Å². The molecule has 10 heteroatoms. The van der Waals surface area contributed by atoms with Gasteiger partial charge in [-0.2, -0.15) is 0 Å². The van der Waals surface area contributed by atoms with Crippen LogP contribution in [-0.4, -0.2) is 74.9 Å². The molecule has 0 radical (unpaired) electrons. The first-order chi connectivity index (χ1) is 46.0. The fraction of sp³-hybridized carbons (Fsp3) is 0.500. The highest BCUT2D eigenvalue weighted by molar-refractivity contribution is 7.47. The highest BCUT2D eigenvalue weighted by Gasteiger charge is 2.27. The summed E-state index contributed by atoms with van der Waals surface area (Å²) in [6.45, 7) is 4.10. The van der Waals surface area contributed by atoms with Crippen LogP contribution >= 0.6 is 7.82 Å². The third-order valence-electron chi connectivity index (χ3n) is 13.9. The summed E-state index contributed by atoms with van der Waals surface area (Å²) < 4.78 is 34.6. The van der Waals surface area contributed by atoms with Crippen molar-refractivity contribution in [2.24, 2.45) is 0 Å². The van der Waals surface area contributed by atoms with Crippen LogP contribution in [0.1, 0.15) is 219 Å². The largest absolute Gasteiger partial charge is 0.472 e. The Morgan fingerprint density at radius 3 is 0.862 bits per heavy atom. The number of quaternary nitrogens is 1. The third-order valence-corrected chi connectivity index (χ3v) is 14.9. The van der Waals surface area contributed by atoms with Gasteiger partial charge in [-0.15, -0.1) is 0 Å². The molecule has 0 fully saturated rings. The predicted molar refractivity (Wildman–Crippen MR) is 407 cm³/mol. The van der Waals surface area contributed by atoms with Crippen LogP contribution in [0.5, 0.6) is 0 Å². The maximum atomic E-state index is 12.9. The fourth-order valence-electron chi connectivity index (χ4n) is 8.48. The molecule has 0 aliphatic carbocycles. The predicted octanol–water partition coefficient (Wildman–Crippen LogP) is 23.9. The molecule has 0 aromatic carbocycles. The molecule has 94 heavy (non-hydrogen) atoms. The number of phosphoric ester groups is 1. The Morgan fingerprint density at radius 2 is 0.574 bits per heavy atom. The molecule has 0 saturated heterocycles. The molecule has 0 saturated carbocycles. The second-order valence-electron chi connectivity index (χ2n) is 23.8. The molecule has 2 unspecified atom stereocenters. The van der Waals surface area contributed by atoms with Crippen molar-refractivity contribution < 1.29 is 42.1 Å². The van der Waals surface area contributed by atoms with Crippen molar-refractivity contribution in [1.29, 1.82) is 0 Å². The van der Waals surface area contributed by atoms with Crippen LogP contribution in [-0.2, 0) is 32.7 Å². The second-order valence-corrected chi connectivity index (χ2v) is 25.3. The summed E-state index contributed by atoms with van der Waals surface area (Å²) in [6.07, 6.45) is 117. The molecular weight excluding hydrogens is 1180 g/mol. The Hall–Kier alpha value is -6.19. The number of carbonyl (C=O) groups is 2. The van der Waals surface area contributed by atoms with Gasteiger partial charge in [0.1, 0.15) is 19.8 Å². The SMILES string of the molecule is CC/C=C\C/C=C\C/C=C\C/C=C\C/C=C\C/C=C\C/C=C\C/C=C\C/C=C\C/C=C\C/C=C\CCCCCC(=O)OC(COC(=O)CCCCCCC/C=C\C/C=C\C/C=C\C/C=C\C/C=C\C/C=C\C/C=C\C/C=C\C/C=C\CC)COP(=O)(O)OCC[N+](C)(C)C. The van der Waals surface area contributed by atoms with Crippen LogP contribution in [0.15, 0.2) is 243 Å². The Labute approximate surface area is 574 Å². The molecule has 1 N–H and O–H groups in total. The summed E-state index contributed by atoms with van der Waals surface area (Å²) in [4.78, 5) is 35.9. The van der Waals surface area contributed by atoms with Gasteiger partial charge in [0.15, 0.2) is 6.10 Å². The lowest BCUT2D eigenvalue weighted by Gasteiger charge is -2.24. The van der Waals surface area contributed by atoms with Crippen LogP contribution in [0, 0.1) is 0 Å². The van der Waals surface area contributed by atoms with Gasteiger partial charge < -0.3 is 18.9 Å². The summed E-state index contributed by atoms with van der Waals surface area (Å²) in [5.74, 6) is -0.881. The van der Waals surface area contributed by atoms with Crippen LogP contribution < -0.4 is 0 Å². The lowest BCUT2D eigenvalue weighted by molar-refractivity contribution is -0.870. The summed E-state index contributed by atoms with van der Waals surface area (Å²) in [5, 5.41) is 0. The van der Waals surface area contributed by atoms with E-state index in [-0.39, 0.29) is 26.1 Å². The minimum atomic E-state index is -4.43. The van der Waals surface area contributed by atoms with E-state index >= 15 is 0 Å². The number of hydrogen-bond acceptors (Lipinski definition) is 7. The monoisotopic (exact) mass is 1310 g/mol. The number of hydrogen-bond donors (Lipinski definition) is 1. The van der Waals surface area contributed by atoms with Crippen LogP contribution in [0.3, 0.4) is 0 Å². The molecule has 0 aliphatic heterocycles. The number of phosphoric acid groups is 1. The average Bonchev–Trinajstić information content (AvgIpc) is 1.56. The van der Waals surface area contributed by atoms with Gasteiger partial charge in [0.2, 0.25) is 0 Å². The molecular formula is C84H129NO8P+. The van der Waals surface area contributed by atoms with Crippen LogP contribution in [0.2, 0.25) is 0 Å². The van der Waals surface area contributed by atoms with E-state index in [1.165, 1.54) is 0 Å². The van der Waals surface area contributed by atoms with Gasteiger partial charge in [0.05, 0.1) is 27.7 Å². The fourth-order valence-corrected chi connectivity index (χ4v) is 9.22. The first-order valence-electron chi connectivity index (χ1n) is 35.8. The molecule has 0 aliphatic rings. The number of likely N-dealkylation sites (N-methyl/N-ethyl adjacent to an activating group) is 1. The quantitative estimate of drug-likeness (QED) is 0.0211. The van der Waals surface area contributed by atoms with Gasteiger partial charge >= 0.3 is 19.8 Å². The lowest BCUT2D eigenvalue weighted by Crippen LogP contribution is -2.37. The van der Waals surface area contributed by atoms with Gasteiger partial charge in [-0.05, 0) is 167 Å². The second kappa shape index (κ2) is 71.1. The molecule has 0 aromatic heterocycles. The van der Waals surface area contributed by atoms with Crippen molar-refractivity contribution in [3.63, 3.8) is 0 Å². The zero-order valence-corrected chi connectivity index (χ0v) is 60.2. The first kappa shape index (κ1) is 87.8. The summed E-state index contributed by atoms with van der Waals surface area (Å²) in [7, 11) is 1.40. The number of ether oxygens (including phenoxy) is 2. The molecule has 0 spiro atoms. The van der Waals surface area contributed by atoms with Crippen molar-refractivity contribution in [3.05, 3.63) is 243 Å². The van der Waals surface area contributed by atoms with Crippen molar-refractivity contribution in [2.45, 2.75) is 225 Å². The van der Waals surface area contributed by atoms with Gasteiger partial charge in [-0.1, -0.05) is 283 Å². The van der Waals surface area contributed by atoms with E-state index in [1.54, 1.807) is 0 Å². The normalized spacial score (nSPS) is 14.6. The molecule has 9 nitrogen and oxygen atoms in total. The molecule has 0 rings (SSSR count). The molecule has 0 aromatic rings. The van der Waals surface area contributed by atoms with Crippen molar-refractivity contribution in [2.75, 3.05) is 47.5 Å².